The minimum Gasteiger partial charge on any atom is -0.381 e. The average molecular weight is 185 g/mol. The van der Waals surface area contributed by atoms with Crippen LogP contribution in [0.2, 0.25) is 0 Å². The third-order valence-corrected chi connectivity index (χ3v) is 2.57. The van der Waals surface area contributed by atoms with E-state index in [1.165, 1.54) is 0 Å². The van der Waals surface area contributed by atoms with E-state index in [0.29, 0.717) is 5.92 Å². The van der Waals surface area contributed by atoms with E-state index in [9.17, 15) is 4.79 Å². The van der Waals surface area contributed by atoms with Gasteiger partial charge in [-0.15, -0.1) is 0 Å². The molecule has 2 unspecified atom stereocenters. The van der Waals surface area contributed by atoms with Crippen molar-refractivity contribution in [3.63, 3.8) is 0 Å². The molecule has 0 radical (unpaired) electrons. The summed E-state index contributed by atoms with van der Waals surface area (Å²) in [5, 5.41) is 3.00. The molecule has 13 heavy (non-hydrogen) atoms. The number of amides is 1. The lowest BCUT2D eigenvalue weighted by molar-refractivity contribution is -0.124. The van der Waals surface area contributed by atoms with E-state index in [1.54, 1.807) is 0 Å². The van der Waals surface area contributed by atoms with Crippen LogP contribution < -0.4 is 5.32 Å². The van der Waals surface area contributed by atoms with Gasteiger partial charge >= 0.3 is 0 Å². The fourth-order valence-electron chi connectivity index (χ4n) is 1.46. The lowest BCUT2D eigenvalue weighted by Gasteiger charge is -2.20. The van der Waals surface area contributed by atoms with Crippen molar-refractivity contribution in [3.05, 3.63) is 0 Å². The fraction of sp³-hybridized carbons (Fsp3) is 0.900. The number of ether oxygens (including phenoxy) is 1. The zero-order valence-electron chi connectivity index (χ0n) is 8.67. The van der Waals surface area contributed by atoms with Crippen molar-refractivity contribution in [2.45, 2.75) is 33.2 Å². The highest BCUT2D eigenvalue weighted by atomic mass is 16.5. The van der Waals surface area contributed by atoms with E-state index < -0.39 is 0 Å². The van der Waals surface area contributed by atoms with E-state index in [1.807, 2.05) is 13.8 Å². The van der Waals surface area contributed by atoms with Crippen molar-refractivity contribution in [1.82, 2.24) is 5.32 Å². The molecule has 1 aliphatic rings. The standard InChI is InChI=1S/C10H19NO2/c1-7(2)10(12)11-8(3)9-4-5-13-6-9/h7-9H,4-6H2,1-3H3,(H,11,12). The highest BCUT2D eigenvalue weighted by molar-refractivity contribution is 5.78. The molecule has 2 atom stereocenters. The quantitative estimate of drug-likeness (QED) is 0.717. The predicted molar refractivity (Wildman–Crippen MR) is 51.4 cm³/mol. The van der Waals surface area contributed by atoms with Crippen LogP contribution in [0, 0.1) is 11.8 Å². The molecule has 0 bridgehead atoms. The second-order valence-electron chi connectivity index (χ2n) is 4.08. The van der Waals surface area contributed by atoms with Crippen LogP contribution in [-0.4, -0.2) is 25.2 Å². The molecular weight excluding hydrogens is 166 g/mol. The Labute approximate surface area is 79.8 Å². The summed E-state index contributed by atoms with van der Waals surface area (Å²) in [7, 11) is 0. The van der Waals surface area contributed by atoms with Crippen molar-refractivity contribution < 1.29 is 9.53 Å². The lowest BCUT2D eigenvalue weighted by atomic mass is 10.00. The van der Waals surface area contributed by atoms with E-state index in [-0.39, 0.29) is 17.9 Å². The number of hydrogen-bond donors (Lipinski definition) is 1. The first-order valence-electron chi connectivity index (χ1n) is 4.99. The van der Waals surface area contributed by atoms with Crippen LogP contribution in [0.1, 0.15) is 27.2 Å². The molecule has 0 spiro atoms. The SMILES string of the molecule is CC(C)C(=O)NC(C)C1CCOC1. The maximum absolute atomic E-state index is 11.4. The molecule has 3 nitrogen and oxygen atoms in total. The van der Waals surface area contributed by atoms with E-state index in [2.05, 4.69) is 12.2 Å². The fourth-order valence-corrected chi connectivity index (χ4v) is 1.46. The van der Waals surface area contributed by atoms with Crippen LogP contribution in [0.25, 0.3) is 0 Å². The van der Waals surface area contributed by atoms with E-state index in [0.717, 1.165) is 19.6 Å². The Balaban J connectivity index is 2.31. The molecule has 3 heteroatoms. The number of carbonyl (C=O) groups is 1. The molecule has 1 rings (SSSR count). The third-order valence-electron chi connectivity index (χ3n) is 2.57. The summed E-state index contributed by atoms with van der Waals surface area (Å²) >= 11 is 0. The second-order valence-corrected chi connectivity index (χ2v) is 4.08. The lowest BCUT2D eigenvalue weighted by Crippen LogP contribution is -2.40. The molecule has 1 heterocycles. The van der Waals surface area contributed by atoms with Gasteiger partial charge in [0.05, 0.1) is 6.61 Å². The molecule has 0 aliphatic carbocycles. The Morgan fingerprint density at radius 1 is 1.46 bits per heavy atom. The zero-order chi connectivity index (χ0) is 9.84. The Kier molecular flexibility index (Phi) is 3.72. The molecule has 76 valence electrons. The van der Waals surface area contributed by atoms with Gasteiger partial charge in [0.25, 0.3) is 0 Å². The molecule has 1 N–H and O–H groups in total. The molecular formula is C10H19NO2. The number of carbonyl (C=O) groups excluding carboxylic acids is 1. The molecule has 1 aliphatic heterocycles. The maximum Gasteiger partial charge on any atom is 0.222 e. The summed E-state index contributed by atoms with van der Waals surface area (Å²) in [4.78, 5) is 11.4. The number of hydrogen-bond acceptors (Lipinski definition) is 2. The smallest absolute Gasteiger partial charge is 0.222 e. The van der Waals surface area contributed by atoms with E-state index in [4.69, 9.17) is 4.74 Å². The van der Waals surface area contributed by atoms with Gasteiger partial charge in [-0.05, 0) is 13.3 Å². The third kappa shape index (κ3) is 2.99. The normalized spacial score (nSPS) is 24.8. The maximum atomic E-state index is 11.4. The summed E-state index contributed by atoms with van der Waals surface area (Å²) in [6.07, 6.45) is 1.07. The molecule has 0 aromatic heterocycles. The largest absolute Gasteiger partial charge is 0.381 e. The van der Waals surface area contributed by atoms with Crippen LogP contribution in [-0.2, 0) is 9.53 Å². The minimum absolute atomic E-state index is 0.0739. The highest BCUT2D eigenvalue weighted by Gasteiger charge is 2.23. The average Bonchev–Trinajstić information content (AvgIpc) is 2.55. The van der Waals surface area contributed by atoms with Gasteiger partial charge < -0.3 is 10.1 Å². The van der Waals surface area contributed by atoms with Gasteiger partial charge in [-0.25, -0.2) is 0 Å². The zero-order valence-corrected chi connectivity index (χ0v) is 8.67. The topological polar surface area (TPSA) is 38.3 Å². The number of nitrogens with one attached hydrogen (secondary N) is 1. The first-order chi connectivity index (χ1) is 6.11. The molecule has 1 fully saturated rings. The molecule has 0 aromatic rings. The second kappa shape index (κ2) is 4.61. The van der Waals surface area contributed by atoms with Gasteiger partial charge in [0.1, 0.15) is 0 Å². The van der Waals surface area contributed by atoms with Gasteiger partial charge in [-0.3, -0.25) is 4.79 Å². The van der Waals surface area contributed by atoms with Gasteiger partial charge in [-0.2, -0.15) is 0 Å². The molecule has 1 amide bonds. The summed E-state index contributed by atoms with van der Waals surface area (Å²) in [5.74, 6) is 0.715. The summed E-state index contributed by atoms with van der Waals surface area (Å²) < 4.78 is 5.27. The van der Waals surface area contributed by atoms with Crippen molar-refractivity contribution in [3.8, 4) is 0 Å². The summed E-state index contributed by atoms with van der Waals surface area (Å²) in [6.45, 7) is 7.51. The Bertz CT molecular complexity index is 174. The first kappa shape index (κ1) is 10.5. The summed E-state index contributed by atoms with van der Waals surface area (Å²) in [5.41, 5.74) is 0. The van der Waals surface area contributed by atoms with Crippen LogP contribution in [0.15, 0.2) is 0 Å². The van der Waals surface area contributed by atoms with Gasteiger partial charge in [0.15, 0.2) is 0 Å². The van der Waals surface area contributed by atoms with Crippen molar-refractivity contribution in [1.29, 1.82) is 0 Å². The molecule has 1 saturated heterocycles. The van der Waals surface area contributed by atoms with Crippen LogP contribution in [0.3, 0.4) is 0 Å². The van der Waals surface area contributed by atoms with Gasteiger partial charge in [0, 0.05) is 24.5 Å². The van der Waals surface area contributed by atoms with Crippen molar-refractivity contribution in [2.75, 3.05) is 13.2 Å². The Morgan fingerprint density at radius 2 is 2.15 bits per heavy atom. The van der Waals surface area contributed by atoms with Crippen molar-refractivity contribution >= 4 is 5.91 Å². The van der Waals surface area contributed by atoms with Crippen LogP contribution in [0.5, 0.6) is 0 Å². The predicted octanol–water partition coefficient (Wildman–Crippen LogP) is 1.18. The Hall–Kier alpha value is -0.570. The van der Waals surface area contributed by atoms with Gasteiger partial charge in [-0.1, -0.05) is 13.8 Å². The highest BCUT2D eigenvalue weighted by Crippen LogP contribution is 2.16. The molecule has 0 saturated carbocycles. The summed E-state index contributed by atoms with van der Waals surface area (Å²) in [6, 6.07) is 0.248. The monoisotopic (exact) mass is 185 g/mol. The van der Waals surface area contributed by atoms with Crippen LogP contribution in [0.4, 0.5) is 0 Å². The van der Waals surface area contributed by atoms with Crippen molar-refractivity contribution in [2.24, 2.45) is 11.8 Å². The minimum atomic E-state index is 0.0739. The van der Waals surface area contributed by atoms with E-state index >= 15 is 0 Å². The van der Waals surface area contributed by atoms with Crippen LogP contribution >= 0.6 is 0 Å². The van der Waals surface area contributed by atoms with Gasteiger partial charge in [0.2, 0.25) is 5.91 Å². The number of rotatable bonds is 3. The molecule has 0 aromatic carbocycles. The Morgan fingerprint density at radius 3 is 2.62 bits per heavy atom. The first-order valence-corrected chi connectivity index (χ1v) is 4.99.